The molecule has 0 spiro atoms. The number of aromatic nitrogens is 3. The first kappa shape index (κ1) is 21.0. The van der Waals surface area contributed by atoms with E-state index in [1.165, 1.54) is 31.5 Å². The molecule has 11 nitrogen and oxygen atoms in total. The van der Waals surface area contributed by atoms with Crippen LogP contribution < -0.4 is 20.4 Å². The molecule has 1 fully saturated rings. The summed E-state index contributed by atoms with van der Waals surface area (Å²) < 4.78 is 5.26. The van der Waals surface area contributed by atoms with Gasteiger partial charge in [-0.1, -0.05) is 18.2 Å². The molecule has 0 saturated carbocycles. The summed E-state index contributed by atoms with van der Waals surface area (Å²) in [6.07, 6.45) is 3.59. The second-order valence-corrected chi connectivity index (χ2v) is 7.02. The minimum Gasteiger partial charge on any atom is -0.496 e. The fourth-order valence-electron chi connectivity index (χ4n) is 3.28. The van der Waals surface area contributed by atoms with E-state index in [4.69, 9.17) is 4.74 Å². The molecule has 0 radical (unpaired) electrons. The molecule has 3 aromatic rings. The van der Waals surface area contributed by atoms with E-state index in [0.29, 0.717) is 23.2 Å². The molecular formula is C21H22N8O3. The van der Waals surface area contributed by atoms with Gasteiger partial charge in [-0.3, -0.25) is 10.1 Å². The number of para-hydroxylation sites is 1. The van der Waals surface area contributed by atoms with Crippen molar-refractivity contribution in [2.45, 2.75) is 12.8 Å². The van der Waals surface area contributed by atoms with Crippen LogP contribution in [0.2, 0.25) is 0 Å². The lowest BCUT2D eigenvalue weighted by molar-refractivity contribution is -0.384. The van der Waals surface area contributed by atoms with Crippen molar-refractivity contribution in [2.24, 2.45) is 5.10 Å². The van der Waals surface area contributed by atoms with Gasteiger partial charge in [0, 0.05) is 36.5 Å². The Hall–Kier alpha value is -4.28. The molecule has 2 N–H and O–H groups in total. The number of non-ortho nitro benzene ring substituents is 1. The van der Waals surface area contributed by atoms with Gasteiger partial charge in [-0.2, -0.15) is 20.1 Å². The smallest absolute Gasteiger partial charge is 0.270 e. The molecular weight excluding hydrogens is 412 g/mol. The van der Waals surface area contributed by atoms with Crippen molar-refractivity contribution in [2.75, 3.05) is 35.8 Å². The highest BCUT2D eigenvalue weighted by Gasteiger charge is 2.17. The summed E-state index contributed by atoms with van der Waals surface area (Å²) in [4.78, 5) is 26.1. The molecule has 4 rings (SSSR count). The number of nitrogens with zero attached hydrogens (tertiary/aromatic N) is 6. The van der Waals surface area contributed by atoms with Crippen molar-refractivity contribution < 1.29 is 9.66 Å². The predicted molar refractivity (Wildman–Crippen MR) is 122 cm³/mol. The van der Waals surface area contributed by atoms with Gasteiger partial charge in [-0.25, -0.2) is 5.43 Å². The Morgan fingerprint density at radius 3 is 2.56 bits per heavy atom. The molecule has 1 aliphatic heterocycles. The standard InChI is InChI=1S/C21H22N8O3/c1-32-18-10-9-17(29(30)31)13-15(18)14-22-27-20-24-19(23-16-7-3-2-4-8-16)25-21(26-20)28-11-5-6-12-28/h2-4,7-10,13-14H,5-6,11-12H2,1H3,(H2,23,24,25,26,27)/b22-14-. The van der Waals surface area contributed by atoms with E-state index in [1.807, 2.05) is 30.3 Å². The number of ether oxygens (including phenoxy) is 1. The topological polar surface area (TPSA) is 131 Å². The van der Waals surface area contributed by atoms with E-state index in [9.17, 15) is 10.1 Å². The molecule has 0 bridgehead atoms. The van der Waals surface area contributed by atoms with E-state index in [1.54, 1.807) is 0 Å². The lowest BCUT2D eigenvalue weighted by Gasteiger charge is -2.16. The van der Waals surface area contributed by atoms with Crippen molar-refractivity contribution in [1.29, 1.82) is 0 Å². The Balaban J connectivity index is 1.58. The Morgan fingerprint density at radius 2 is 1.84 bits per heavy atom. The van der Waals surface area contributed by atoms with Crippen LogP contribution in [0.4, 0.5) is 29.2 Å². The number of methoxy groups -OCH3 is 1. The number of nitro groups is 1. The average Bonchev–Trinajstić information content (AvgIpc) is 3.35. The summed E-state index contributed by atoms with van der Waals surface area (Å²) in [5.41, 5.74) is 4.04. The van der Waals surface area contributed by atoms with Gasteiger partial charge >= 0.3 is 0 Å². The monoisotopic (exact) mass is 434 g/mol. The van der Waals surface area contributed by atoms with E-state index in [0.717, 1.165) is 31.6 Å². The normalized spacial score (nSPS) is 13.3. The van der Waals surface area contributed by atoms with Gasteiger partial charge in [0.25, 0.3) is 5.69 Å². The summed E-state index contributed by atoms with van der Waals surface area (Å²) in [6, 6.07) is 13.9. The fourth-order valence-corrected chi connectivity index (χ4v) is 3.28. The number of benzene rings is 2. The molecule has 2 aromatic carbocycles. The minimum atomic E-state index is -0.472. The summed E-state index contributed by atoms with van der Waals surface area (Å²) in [5.74, 6) is 1.65. The lowest BCUT2D eigenvalue weighted by atomic mass is 10.2. The van der Waals surface area contributed by atoms with Crippen molar-refractivity contribution in [3.05, 3.63) is 64.2 Å². The summed E-state index contributed by atoms with van der Waals surface area (Å²) in [5, 5.41) is 18.4. The first-order valence-electron chi connectivity index (χ1n) is 10.1. The number of rotatable bonds is 8. The maximum atomic E-state index is 11.1. The molecule has 1 aromatic heterocycles. The molecule has 0 aliphatic carbocycles. The maximum Gasteiger partial charge on any atom is 0.270 e. The van der Waals surface area contributed by atoms with Crippen LogP contribution in [0, 0.1) is 10.1 Å². The molecule has 32 heavy (non-hydrogen) atoms. The number of nitrogens with one attached hydrogen (secondary N) is 2. The summed E-state index contributed by atoms with van der Waals surface area (Å²) in [7, 11) is 1.49. The molecule has 164 valence electrons. The largest absolute Gasteiger partial charge is 0.496 e. The maximum absolute atomic E-state index is 11.1. The number of hydrazone groups is 1. The highest BCUT2D eigenvalue weighted by atomic mass is 16.6. The van der Waals surface area contributed by atoms with E-state index in [2.05, 4.69) is 35.7 Å². The molecule has 1 aliphatic rings. The number of nitro benzene ring substituents is 1. The second kappa shape index (κ2) is 9.69. The predicted octanol–water partition coefficient (Wildman–Crippen LogP) is 3.58. The number of hydrogen-bond donors (Lipinski definition) is 2. The Bertz CT molecular complexity index is 1120. The minimum absolute atomic E-state index is 0.0573. The highest BCUT2D eigenvalue weighted by Crippen LogP contribution is 2.23. The van der Waals surface area contributed by atoms with Crippen molar-refractivity contribution in [3.63, 3.8) is 0 Å². The first-order valence-corrected chi connectivity index (χ1v) is 10.1. The third kappa shape index (κ3) is 5.06. The van der Waals surface area contributed by atoms with E-state index in [-0.39, 0.29) is 11.6 Å². The van der Waals surface area contributed by atoms with Gasteiger partial charge in [0.05, 0.1) is 18.2 Å². The third-order valence-corrected chi connectivity index (χ3v) is 4.83. The van der Waals surface area contributed by atoms with Crippen LogP contribution in [0.3, 0.4) is 0 Å². The molecule has 0 amide bonds. The summed E-state index contributed by atoms with van der Waals surface area (Å²) >= 11 is 0. The number of anilines is 4. The van der Waals surface area contributed by atoms with Crippen LogP contribution in [0.25, 0.3) is 0 Å². The molecule has 11 heteroatoms. The Labute approximate surface area is 184 Å². The van der Waals surface area contributed by atoms with E-state index < -0.39 is 4.92 Å². The van der Waals surface area contributed by atoms with Crippen LogP contribution in [0.1, 0.15) is 18.4 Å². The molecule has 0 atom stereocenters. The Morgan fingerprint density at radius 1 is 1.09 bits per heavy atom. The van der Waals surface area contributed by atoms with Gasteiger partial charge in [0.2, 0.25) is 17.8 Å². The third-order valence-electron chi connectivity index (χ3n) is 4.83. The highest BCUT2D eigenvalue weighted by molar-refractivity contribution is 5.85. The second-order valence-electron chi connectivity index (χ2n) is 7.02. The quantitative estimate of drug-likeness (QED) is 0.310. The summed E-state index contributed by atoms with van der Waals surface area (Å²) in [6.45, 7) is 1.75. The lowest BCUT2D eigenvalue weighted by Crippen LogP contribution is -2.21. The van der Waals surface area contributed by atoms with Crippen LogP contribution in [-0.4, -0.2) is 46.3 Å². The molecule has 2 heterocycles. The van der Waals surface area contributed by atoms with E-state index >= 15 is 0 Å². The first-order chi connectivity index (χ1) is 15.6. The molecule has 0 unspecified atom stereocenters. The van der Waals surface area contributed by atoms with Crippen LogP contribution in [0.5, 0.6) is 5.75 Å². The van der Waals surface area contributed by atoms with Gasteiger partial charge in [-0.05, 0) is 31.0 Å². The Kier molecular flexibility index (Phi) is 6.35. The number of hydrogen-bond acceptors (Lipinski definition) is 10. The van der Waals surface area contributed by atoms with Gasteiger partial charge in [0.1, 0.15) is 5.75 Å². The SMILES string of the molecule is COc1ccc([N+](=O)[O-])cc1/C=N\Nc1nc(Nc2ccccc2)nc(N2CCCC2)n1. The van der Waals surface area contributed by atoms with Crippen LogP contribution >= 0.6 is 0 Å². The zero-order valence-corrected chi connectivity index (χ0v) is 17.4. The van der Waals surface area contributed by atoms with Crippen LogP contribution in [-0.2, 0) is 0 Å². The molecule has 1 saturated heterocycles. The van der Waals surface area contributed by atoms with Crippen molar-refractivity contribution >= 4 is 35.4 Å². The van der Waals surface area contributed by atoms with Gasteiger partial charge < -0.3 is 15.0 Å². The van der Waals surface area contributed by atoms with Crippen LogP contribution in [0.15, 0.2) is 53.6 Å². The van der Waals surface area contributed by atoms with Crippen molar-refractivity contribution in [3.8, 4) is 5.75 Å². The van der Waals surface area contributed by atoms with Gasteiger partial charge in [0.15, 0.2) is 0 Å². The van der Waals surface area contributed by atoms with Crippen molar-refractivity contribution in [1.82, 2.24) is 15.0 Å². The average molecular weight is 434 g/mol. The fraction of sp³-hybridized carbons (Fsp3) is 0.238. The zero-order chi connectivity index (χ0) is 22.3. The van der Waals surface area contributed by atoms with Gasteiger partial charge in [-0.15, -0.1) is 0 Å². The zero-order valence-electron chi connectivity index (χ0n) is 17.4.